The molecule has 1 saturated heterocycles. The average molecular weight is 337 g/mol. The van der Waals surface area contributed by atoms with E-state index in [1.54, 1.807) is 0 Å². The molecule has 3 rings (SSSR count). The number of rotatable bonds is 6. The summed E-state index contributed by atoms with van der Waals surface area (Å²) < 4.78 is 13.8. The summed E-state index contributed by atoms with van der Waals surface area (Å²) in [6.07, 6.45) is 4.34. The van der Waals surface area contributed by atoms with Crippen LogP contribution in [0.2, 0.25) is 0 Å². The molecule has 1 aromatic rings. The third kappa shape index (κ3) is 3.12. The predicted octanol–water partition coefficient (Wildman–Crippen LogP) is 1.56. The van der Waals surface area contributed by atoms with Crippen LogP contribution < -0.4 is 0 Å². The minimum Gasteiger partial charge on any atom is -0.394 e. The van der Waals surface area contributed by atoms with Crippen molar-refractivity contribution in [2.75, 3.05) is 26.9 Å². The molecule has 0 amide bonds. The van der Waals surface area contributed by atoms with Gasteiger partial charge in [-0.2, -0.15) is 5.10 Å². The Kier molecular flexibility index (Phi) is 5.30. The third-order valence-electron chi connectivity index (χ3n) is 6.12. The van der Waals surface area contributed by atoms with Crippen LogP contribution in [0.5, 0.6) is 0 Å². The van der Waals surface area contributed by atoms with Gasteiger partial charge in [-0.15, -0.1) is 0 Å². The Morgan fingerprint density at radius 3 is 2.75 bits per heavy atom. The van der Waals surface area contributed by atoms with Crippen molar-refractivity contribution in [3.63, 3.8) is 0 Å². The fourth-order valence-corrected chi connectivity index (χ4v) is 4.57. The highest BCUT2D eigenvalue weighted by Gasteiger charge is 2.51. The molecule has 1 N–H and O–H groups in total. The Morgan fingerprint density at radius 2 is 2.12 bits per heavy atom. The monoisotopic (exact) mass is 337 g/mol. The fraction of sp³-hybridized carbons (Fsp3) is 0.833. The molecule has 1 aliphatic carbocycles. The molecule has 6 nitrogen and oxygen atoms in total. The minimum atomic E-state index is -0.0386. The predicted molar refractivity (Wildman–Crippen MR) is 91.9 cm³/mol. The van der Waals surface area contributed by atoms with E-state index in [4.69, 9.17) is 14.6 Å². The van der Waals surface area contributed by atoms with Crippen molar-refractivity contribution in [1.29, 1.82) is 0 Å². The number of aliphatic hydroxyl groups excluding tert-OH is 1. The van der Waals surface area contributed by atoms with Crippen molar-refractivity contribution in [3.8, 4) is 0 Å². The second kappa shape index (κ2) is 7.12. The molecule has 0 aromatic carbocycles. The number of ether oxygens (including phenoxy) is 2. The second-order valence-corrected chi connectivity index (χ2v) is 7.27. The summed E-state index contributed by atoms with van der Waals surface area (Å²) in [5.41, 5.74) is 3.66. The summed E-state index contributed by atoms with van der Waals surface area (Å²) in [4.78, 5) is 2.55. The van der Waals surface area contributed by atoms with E-state index in [9.17, 15) is 0 Å². The highest BCUT2D eigenvalue weighted by molar-refractivity contribution is 5.25. The maximum atomic E-state index is 9.02. The molecule has 0 spiro atoms. The van der Waals surface area contributed by atoms with Gasteiger partial charge in [-0.05, 0) is 39.5 Å². The van der Waals surface area contributed by atoms with Gasteiger partial charge in [0.2, 0.25) is 0 Å². The van der Waals surface area contributed by atoms with Crippen molar-refractivity contribution < 1.29 is 14.6 Å². The summed E-state index contributed by atoms with van der Waals surface area (Å²) in [5, 5.41) is 13.6. The van der Waals surface area contributed by atoms with Crippen LogP contribution in [0.25, 0.3) is 0 Å². The molecule has 1 aromatic heterocycles. The van der Waals surface area contributed by atoms with Crippen LogP contribution in [-0.4, -0.2) is 64.4 Å². The van der Waals surface area contributed by atoms with Gasteiger partial charge in [-0.1, -0.05) is 0 Å². The average Bonchev–Trinajstić information content (AvgIpc) is 3.06. The molecule has 2 fully saturated rings. The summed E-state index contributed by atoms with van der Waals surface area (Å²) in [5.74, 6) is 0. The van der Waals surface area contributed by atoms with Crippen LogP contribution in [0, 0.1) is 13.8 Å². The highest BCUT2D eigenvalue weighted by atomic mass is 16.5. The quantitative estimate of drug-likeness (QED) is 0.854. The Labute approximate surface area is 144 Å². The van der Waals surface area contributed by atoms with Crippen LogP contribution >= 0.6 is 0 Å². The lowest BCUT2D eigenvalue weighted by Crippen LogP contribution is -2.51. The SMILES string of the molecule is CO[C@@]12CCC(OCCO)CC1N(Cc1c(C)nn(C)c1C)CC2. The highest BCUT2D eigenvalue weighted by Crippen LogP contribution is 2.43. The Hall–Kier alpha value is -0.950. The zero-order valence-electron chi connectivity index (χ0n) is 15.4. The van der Waals surface area contributed by atoms with Crippen molar-refractivity contribution in [1.82, 2.24) is 14.7 Å². The van der Waals surface area contributed by atoms with Crippen LogP contribution in [0.1, 0.15) is 42.6 Å². The number of hydrogen-bond donors (Lipinski definition) is 1. The topological polar surface area (TPSA) is 59.8 Å². The third-order valence-corrected chi connectivity index (χ3v) is 6.12. The smallest absolute Gasteiger partial charge is 0.0847 e. The number of hydrogen-bond acceptors (Lipinski definition) is 5. The Bertz CT molecular complexity index is 574. The minimum absolute atomic E-state index is 0.0386. The molecule has 1 aliphatic heterocycles. The molecule has 6 heteroatoms. The number of methoxy groups -OCH3 is 1. The lowest BCUT2D eigenvalue weighted by molar-refractivity contribution is -0.104. The molecule has 2 unspecified atom stereocenters. The fourth-order valence-electron chi connectivity index (χ4n) is 4.57. The molecule has 3 atom stereocenters. The summed E-state index contributed by atoms with van der Waals surface area (Å²) in [7, 11) is 3.86. The molecule has 2 aliphatic rings. The van der Waals surface area contributed by atoms with Crippen molar-refractivity contribution in [2.45, 2.75) is 63.8 Å². The van der Waals surface area contributed by atoms with Gasteiger partial charge >= 0.3 is 0 Å². The number of aryl methyl sites for hydroxylation is 2. The van der Waals surface area contributed by atoms with E-state index in [0.717, 1.165) is 44.5 Å². The van der Waals surface area contributed by atoms with E-state index in [1.807, 2.05) is 18.8 Å². The molecule has 136 valence electrons. The number of fused-ring (bicyclic) bond motifs is 1. The Morgan fingerprint density at radius 1 is 1.33 bits per heavy atom. The van der Waals surface area contributed by atoms with Crippen LogP contribution in [0.3, 0.4) is 0 Å². The van der Waals surface area contributed by atoms with E-state index in [0.29, 0.717) is 12.6 Å². The maximum absolute atomic E-state index is 9.02. The van der Waals surface area contributed by atoms with E-state index >= 15 is 0 Å². The van der Waals surface area contributed by atoms with Gasteiger partial charge in [-0.3, -0.25) is 9.58 Å². The number of likely N-dealkylation sites (tertiary alicyclic amines) is 1. The number of aliphatic hydroxyl groups is 1. The van der Waals surface area contributed by atoms with Gasteiger partial charge in [0, 0.05) is 44.5 Å². The molecule has 2 heterocycles. The van der Waals surface area contributed by atoms with Crippen molar-refractivity contribution >= 4 is 0 Å². The van der Waals surface area contributed by atoms with Gasteiger partial charge in [0.1, 0.15) is 0 Å². The summed E-state index contributed by atoms with van der Waals surface area (Å²) in [6.45, 7) is 6.73. The first-order valence-corrected chi connectivity index (χ1v) is 9.01. The zero-order chi connectivity index (χ0) is 17.3. The molecule has 0 radical (unpaired) electrons. The number of aromatic nitrogens is 2. The van der Waals surface area contributed by atoms with Crippen LogP contribution in [-0.2, 0) is 23.1 Å². The van der Waals surface area contributed by atoms with Gasteiger partial charge in [0.15, 0.2) is 0 Å². The van der Waals surface area contributed by atoms with Gasteiger partial charge in [-0.25, -0.2) is 0 Å². The standard InChI is InChI=1S/C18H31N3O3/c1-13-16(14(2)20(3)19-13)12-21-8-7-18(23-4)6-5-15(11-17(18)21)24-10-9-22/h15,17,22H,5-12H2,1-4H3/t15?,17?,18-/m1/s1. The largest absolute Gasteiger partial charge is 0.394 e. The van der Waals surface area contributed by atoms with Crippen LogP contribution in [0.4, 0.5) is 0 Å². The van der Waals surface area contributed by atoms with E-state index < -0.39 is 0 Å². The first kappa shape index (κ1) is 17.9. The molecular formula is C18H31N3O3. The first-order valence-electron chi connectivity index (χ1n) is 9.01. The normalized spacial score (nSPS) is 30.7. The molecular weight excluding hydrogens is 306 g/mol. The van der Waals surface area contributed by atoms with E-state index in [1.165, 1.54) is 11.3 Å². The van der Waals surface area contributed by atoms with Crippen LogP contribution in [0.15, 0.2) is 0 Å². The lowest BCUT2D eigenvalue weighted by Gasteiger charge is -2.43. The van der Waals surface area contributed by atoms with Gasteiger partial charge in [0.05, 0.1) is 30.6 Å². The second-order valence-electron chi connectivity index (χ2n) is 7.27. The van der Waals surface area contributed by atoms with E-state index in [2.05, 4.69) is 23.8 Å². The van der Waals surface area contributed by atoms with Crippen molar-refractivity contribution in [3.05, 3.63) is 17.0 Å². The van der Waals surface area contributed by atoms with E-state index in [-0.39, 0.29) is 18.3 Å². The summed E-state index contributed by atoms with van der Waals surface area (Å²) >= 11 is 0. The molecule has 24 heavy (non-hydrogen) atoms. The summed E-state index contributed by atoms with van der Waals surface area (Å²) in [6, 6.07) is 0.374. The zero-order valence-corrected chi connectivity index (χ0v) is 15.4. The molecule has 1 saturated carbocycles. The van der Waals surface area contributed by atoms with Crippen molar-refractivity contribution in [2.24, 2.45) is 7.05 Å². The first-order chi connectivity index (χ1) is 11.5. The molecule has 0 bridgehead atoms. The lowest BCUT2D eigenvalue weighted by atomic mass is 9.79. The van der Waals surface area contributed by atoms with Gasteiger partial charge < -0.3 is 14.6 Å². The maximum Gasteiger partial charge on any atom is 0.0847 e. The van der Waals surface area contributed by atoms with Gasteiger partial charge in [0.25, 0.3) is 0 Å². The number of nitrogens with zero attached hydrogens (tertiary/aromatic N) is 3. The Balaban J connectivity index is 1.76.